The predicted octanol–water partition coefficient (Wildman–Crippen LogP) is 23.4. The molecule has 0 aliphatic rings. The molecule has 0 spiro atoms. The van der Waals surface area contributed by atoms with Crippen LogP contribution >= 0.6 is 0 Å². The quantitative estimate of drug-likeness (QED) is 0.0261. The van der Waals surface area contributed by atoms with Gasteiger partial charge >= 0.3 is 17.9 Å². The molecule has 0 aliphatic carbocycles. The SMILES string of the molecule is CC/C=C\C/C=C\C/C=C\C/C=C\CCCCCCCCCCCCCCC(=O)OCC(COC(=O)CCCCCCC/C=C\CCCCCCC)OC(=O)CCCCCCCCCCCC/C=C\C/C=C\C/C=C\C/C=C\CC. The van der Waals surface area contributed by atoms with E-state index in [1.807, 2.05) is 0 Å². The van der Waals surface area contributed by atoms with E-state index in [0.29, 0.717) is 19.3 Å². The lowest BCUT2D eigenvalue weighted by atomic mass is 10.0. The summed E-state index contributed by atoms with van der Waals surface area (Å²) in [6.45, 7) is 6.43. The van der Waals surface area contributed by atoms with Crippen LogP contribution in [0.5, 0.6) is 0 Å². The maximum Gasteiger partial charge on any atom is 0.306 e. The summed E-state index contributed by atoms with van der Waals surface area (Å²) in [6.07, 6.45) is 92.4. The highest BCUT2D eigenvalue weighted by Crippen LogP contribution is 2.17. The Hall–Kier alpha value is -3.93. The van der Waals surface area contributed by atoms with Gasteiger partial charge in [-0.15, -0.1) is 0 Å². The van der Waals surface area contributed by atoms with Crippen molar-refractivity contribution in [1.29, 1.82) is 0 Å². The van der Waals surface area contributed by atoms with E-state index in [0.717, 1.165) is 116 Å². The monoisotopic (exact) mass is 1110 g/mol. The van der Waals surface area contributed by atoms with Crippen molar-refractivity contribution in [3.05, 3.63) is 109 Å². The van der Waals surface area contributed by atoms with E-state index >= 15 is 0 Å². The van der Waals surface area contributed by atoms with Crippen molar-refractivity contribution in [3.63, 3.8) is 0 Å². The smallest absolute Gasteiger partial charge is 0.306 e. The maximum atomic E-state index is 12.9. The van der Waals surface area contributed by atoms with E-state index in [1.54, 1.807) is 0 Å². The second-order valence-electron chi connectivity index (χ2n) is 22.3. The minimum Gasteiger partial charge on any atom is -0.462 e. The van der Waals surface area contributed by atoms with Gasteiger partial charge in [0.1, 0.15) is 13.2 Å². The molecule has 0 saturated carbocycles. The van der Waals surface area contributed by atoms with Gasteiger partial charge in [-0.05, 0) is 122 Å². The maximum absolute atomic E-state index is 12.9. The van der Waals surface area contributed by atoms with Gasteiger partial charge in [-0.25, -0.2) is 0 Å². The van der Waals surface area contributed by atoms with Gasteiger partial charge in [0, 0.05) is 19.3 Å². The third-order valence-corrected chi connectivity index (χ3v) is 14.5. The zero-order valence-electron chi connectivity index (χ0n) is 52.6. The zero-order valence-corrected chi connectivity index (χ0v) is 52.6. The molecule has 0 amide bonds. The summed E-state index contributed by atoms with van der Waals surface area (Å²) in [5, 5.41) is 0. The summed E-state index contributed by atoms with van der Waals surface area (Å²) in [6, 6.07) is 0. The predicted molar refractivity (Wildman–Crippen MR) is 348 cm³/mol. The van der Waals surface area contributed by atoms with Gasteiger partial charge in [0.05, 0.1) is 0 Å². The van der Waals surface area contributed by atoms with Crippen LogP contribution in [0.25, 0.3) is 0 Å². The van der Waals surface area contributed by atoms with Gasteiger partial charge in [0.25, 0.3) is 0 Å². The highest BCUT2D eigenvalue weighted by atomic mass is 16.6. The molecule has 6 nitrogen and oxygen atoms in total. The highest BCUT2D eigenvalue weighted by Gasteiger charge is 2.19. The van der Waals surface area contributed by atoms with E-state index in [2.05, 4.69) is 130 Å². The molecule has 1 atom stereocenters. The van der Waals surface area contributed by atoms with Crippen molar-refractivity contribution < 1.29 is 28.6 Å². The normalized spacial score (nSPS) is 12.8. The van der Waals surface area contributed by atoms with Crippen LogP contribution in [0, 0.1) is 0 Å². The molecule has 0 radical (unpaired) electrons. The Morgan fingerprint density at radius 1 is 0.263 bits per heavy atom. The average Bonchev–Trinajstić information content (AvgIpc) is 3.46. The molecular formula is C74H126O6. The Kier molecular flexibility index (Phi) is 64.3. The first-order chi connectivity index (χ1) is 39.5. The van der Waals surface area contributed by atoms with E-state index in [9.17, 15) is 14.4 Å². The van der Waals surface area contributed by atoms with Crippen LogP contribution in [0.1, 0.15) is 323 Å². The summed E-state index contributed by atoms with van der Waals surface area (Å²) in [5.74, 6) is -0.886. The van der Waals surface area contributed by atoms with E-state index in [1.165, 1.54) is 167 Å². The number of allylic oxidation sites excluding steroid dienone is 18. The summed E-state index contributed by atoms with van der Waals surface area (Å²) in [7, 11) is 0. The lowest BCUT2D eigenvalue weighted by molar-refractivity contribution is -0.167. The lowest BCUT2D eigenvalue weighted by Crippen LogP contribution is -2.30. The Morgan fingerprint density at radius 2 is 0.487 bits per heavy atom. The second kappa shape index (κ2) is 67.6. The number of rotatable bonds is 61. The summed E-state index contributed by atoms with van der Waals surface area (Å²) in [5.41, 5.74) is 0. The number of hydrogen-bond acceptors (Lipinski definition) is 6. The van der Waals surface area contributed by atoms with Crippen LogP contribution in [-0.2, 0) is 28.6 Å². The molecule has 0 saturated heterocycles. The minimum atomic E-state index is -0.787. The summed E-state index contributed by atoms with van der Waals surface area (Å²) in [4.78, 5) is 38.4. The van der Waals surface area contributed by atoms with Crippen molar-refractivity contribution in [2.45, 2.75) is 329 Å². The van der Waals surface area contributed by atoms with Crippen LogP contribution in [-0.4, -0.2) is 37.2 Å². The number of carbonyl (C=O) groups is 3. The lowest BCUT2D eigenvalue weighted by Gasteiger charge is -2.18. The van der Waals surface area contributed by atoms with Crippen LogP contribution in [0.2, 0.25) is 0 Å². The molecule has 0 heterocycles. The van der Waals surface area contributed by atoms with Crippen LogP contribution in [0.3, 0.4) is 0 Å². The van der Waals surface area contributed by atoms with Crippen molar-refractivity contribution in [3.8, 4) is 0 Å². The standard InChI is InChI=1S/C74H126O6/c1-4-7-10-13-16-19-22-25-28-30-32-34-36-37-39-40-42-44-46-49-52-55-58-61-64-67-73(76)79-70-71(69-78-72(75)66-63-60-57-54-51-48-27-24-21-18-15-12-9-6-3)80-74(77)68-65-62-59-56-53-50-47-45-43-41-38-35-33-31-29-26-23-20-17-14-11-8-5-2/h7-8,10-11,16-17,19-20,24-29,32-35,71H,4-6,9,12-15,18,21-23,30-31,36-70H2,1-3H3/b10-7-,11-8-,19-16-,20-17-,27-24-,28-25-,29-26-,34-32-,35-33-. The van der Waals surface area contributed by atoms with Crippen molar-refractivity contribution >= 4 is 17.9 Å². The number of ether oxygens (including phenoxy) is 3. The topological polar surface area (TPSA) is 78.9 Å². The number of esters is 3. The van der Waals surface area contributed by atoms with E-state index in [-0.39, 0.29) is 31.1 Å². The fraction of sp³-hybridized carbons (Fsp3) is 0.716. The van der Waals surface area contributed by atoms with Crippen LogP contribution < -0.4 is 0 Å². The van der Waals surface area contributed by atoms with Crippen molar-refractivity contribution in [1.82, 2.24) is 0 Å². The van der Waals surface area contributed by atoms with E-state index in [4.69, 9.17) is 14.2 Å². The fourth-order valence-corrected chi connectivity index (χ4v) is 9.48. The molecule has 0 rings (SSSR count). The zero-order chi connectivity index (χ0) is 57.8. The van der Waals surface area contributed by atoms with E-state index < -0.39 is 6.10 Å². The molecular weight excluding hydrogens is 985 g/mol. The number of unbranched alkanes of at least 4 members (excludes halogenated alkanes) is 32. The van der Waals surface area contributed by atoms with Gasteiger partial charge < -0.3 is 14.2 Å². The van der Waals surface area contributed by atoms with Gasteiger partial charge in [-0.1, -0.05) is 291 Å². The highest BCUT2D eigenvalue weighted by molar-refractivity contribution is 5.71. The Labute approximate surface area is 495 Å². The molecule has 0 aromatic carbocycles. The third kappa shape index (κ3) is 64.9. The molecule has 458 valence electrons. The van der Waals surface area contributed by atoms with Gasteiger partial charge in [0.15, 0.2) is 6.10 Å². The first kappa shape index (κ1) is 76.1. The molecule has 6 heteroatoms. The van der Waals surface area contributed by atoms with Crippen molar-refractivity contribution in [2.75, 3.05) is 13.2 Å². The number of carbonyl (C=O) groups excluding carboxylic acids is 3. The molecule has 0 bridgehead atoms. The molecule has 0 aromatic heterocycles. The Balaban J connectivity index is 4.33. The fourth-order valence-electron chi connectivity index (χ4n) is 9.48. The molecule has 1 unspecified atom stereocenters. The Bertz CT molecular complexity index is 1610. The number of hydrogen-bond donors (Lipinski definition) is 0. The Morgan fingerprint density at radius 3 is 0.775 bits per heavy atom. The molecule has 80 heavy (non-hydrogen) atoms. The van der Waals surface area contributed by atoms with Crippen LogP contribution in [0.15, 0.2) is 109 Å². The van der Waals surface area contributed by atoms with Gasteiger partial charge in [-0.3, -0.25) is 14.4 Å². The average molecular weight is 1110 g/mol. The van der Waals surface area contributed by atoms with Crippen molar-refractivity contribution in [2.24, 2.45) is 0 Å². The van der Waals surface area contributed by atoms with Crippen LogP contribution in [0.4, 0.5) is 0 Å². The second-order valence-corrected chi connectivity index (χ2v) is 22.3. The largest absolute Gasteiger partial charge is 0.462 e. The molecule has 0 N–H and O–H groups in total. The molecule has 0 fully saturated rings. The van der Waals surface area contributed by atoms with Gasteiger partial charge in [-0.2, -0.15) is 0 Å². The minimum absolute atomic E-state index is 0.0825. The molecule has 0 aliphatic heterocycles. The van der Waals surface area contributed by atoms with Gasteiger partial charge in [0.2, 0.25) is 0 Å². The third-order valence-electron chi connectivity index (χ3n) is 14.5. The first-order valence-corrected chi connectivity index (χ1v) is 33.9. The summed E-state index contributed by atoms with van der Waals surface area (Å²) >= 11 is 0. The molecule has 0 aromatic rings. The summed E-state index contributed by atoms with van der Waals surface area (Å²) < 4.78 is 17.0. The first-order valence-electron chi connectivity index (χ1n) is 33.9.